The van der Waals surface area contributed by atoms with E-state index in [0.717, 1.165) is 0 Å². The molecule has 2 aromatic rings. The Balaban J connectivity index is 0.00000106. The van der Waals surface area contributed by atoms with Gasteiger partial charge in [-0.05, 0) is 28.9 Å². The summed E-state index contributed by atoms with van der Waals surface area (Å²) in [4.78, 5) is 26.7. The maximum atomic E-state index is 11.6. The first-order valence-corrected chi connectivity index (χ1v) is 7.11. The predicted molar refractivity (Wildman–Crippen MR) is 80.6 cm³/mol. The van der Waals surface area contributed by atoms with Gasteiger partial charge in [0.05, 0.1) is 7.11 Å². The Kier molecular flexibility index (Phi) is 6.36. The van der Waals surface area contributed by atoms with Crippen molar-refractivity contribution in [3.8, 4) is 5.75 Å². The van der Waals surface area contributed by atoms with Crippen LogP contribution in [0.5, 0.6) is 5.75 Å². The van der Waals surface area contributed by atoms with Gasteiger partial charge < -0.3 is 13.9 Å². The van der Waals surface area contributed by atoms with Crippen LogP contribution in [0.25, 0.3) is 11.1 Å². The zero-order chi connectivity index (χ0) is 16.0. The van der Waals surface area contributed by atoms with Gasteiger partial charge in [0.15, 0.2) is 22.6 Å². The summed E-state index contributed by atoms with van der Waals surface area (Å²) in [7, 11) is 1.23. The molecule has 0 amide bonds. The number of carbonyl (C=O) groups is 2. The summed E-state index contributed by atoms with van der Waals surface area (Å²) < 4.78 is 16.0. The molecule has 6 nitrogen and oxygen atoms in total. The van der Waals surface area contributed by atoms with Crippen molar-refractivity contribution in [3.63, 3.8) is 0 Å². The van der Waals surface area contributed by atoms with Crippen LogP contribution in [0, 0.1) is 0 Å². The van der Waals surface area contributed by atoms with Gasteiger partial charge in [0.2, 0.25) is 0 Å². The third-order valence-corrected chi connectivity index (χ3v) is 2.68. The molecule has 0 spiro atoms. The van der Waals surface area contributed by atoms with Gasteiger partial charge >= 0.3 is 5.97 Å². The maximum Gasteiger partial charge on any atom is 0.378 e. The number of aromatic nitrogens is 1. The topological polar surface area (TPSA) is 78.6 Å². The second-order valence-electron chi connectivity index (χ2n) is 3.74. The second kappa shape index (κ2) is 7.78. The first-order valence-electron chi connectivity index (χ1n) is 6.31. The number of methoxy groups -OCH3 is 1. The highest BCUT2D eigenvalue weighted by molar-refractivity contribution is 9.10. The smallest absolute Gasteiger partial charge is 0.378 e. The summed E-state index contributed by atoms with van der Waals surface area (Å²) in [6.07, 6.45) is 1.54. The molecule has 0 fully saturated rings. The summed E-state index contributed by atoms with van der Waals surface area (Å²) in [5, 5.41) is 0. The van der Waals surface area contributed by atoms with Crippen molar-refractivity contribution in [3.05, 3.63) is 22.5 Å². The number of halogens is 1. The fourth-order valence-corrected chi connectivity index (χ4v) is 1.78. The van der Waals surface area contributed by atoms with Gasteiger partial charge in [-0.25, -0.2) is 9.78 Å². The molecule has 2 heterocycles. The lowest BCUT2D eigenvalue weighted by Gasteiger charge is -2.02. The minimum Gasteiger partial charge on any atom is -0.479 e. The van der Waals surface area contributed by atoms with E-state index in [1.807, 2.05) is 13.8 Å². The van der Waals surface area contributed by atoms with E-state index in [1.165, 1.54) is 14.0 Å². The largest absolute Gasteiger partial charge is 0.479 e. The third kappa shape index (κ3) is 4.04. The van der Waals surface area contributed by atoms with Crippen LogP contribution in [0.3, 0.4) is 0 Å². The average Bonchev–Trinajstić information content (AvgIpc) is 2.83. The lowest BCUT2D eigenvalue weighted by molar-refractivity contribution is -0.118. The van der Waals surface area contributed by atoms with Crippen LogP contribution in [0.1, 0.15) is 31.3 Å². The standard InChI is InChI=1S/C12H10BrNO5.C2H6/c1-6(15)5-18-10-9-8(3-7(13)4-14-9)19-11(10)12(16)17-2;1-2/h3-4H,5H2,1-2H3;1-2H3. The lowest BCUT2D eigenvalue weighted by atomic mass is 10.3. The molecule has 7 heteroatoms. The number of ketones is 1. The van der Waals surface area contributed by atoms with Gasteiger partial charge in [-0.15, -0.1) is 0 Å². The van der Waals surface area contributed by atoms with Crippen molar-refractivity contribution in [2.24, 2.45) is 0 Å². The Bertz CT molecular complexity index is 650. The molecule has 0 saturated heterocycles. The lowest BCUT2D eigenvalue weighted by Crippen LogP contribution is -2.09. The first kappa shape index (κ1) is 17.2. The van der Waals surface area contributed by atoms with Gasteiger partial charge in [-0.3, -0.25) is 4.79 Å². The first-order chi connectivity index (χ1) is 10.0. The fraction of sp³-hybridized carbons (Fsp3) is 0.357. The van der Waals surface area contributed by atoms with Crippen LogP contribution in [0.4, 0.5) is 0 Å². The fourth-order valence-electron chi connectivity index (χ4n) is 1.47. The monoisotopic (exact) mass is 357 g/mol. The number of pyridine rings is 1. The molecule has 0 bridgehead atoms. The molecule has 0 saturated carbocycles. The second-order valence-corrected chi connectivity index (χ2v) is 4.66. The number of hydrogen-bond acceptors (Lipinski definition) is 6. The van der Waals surface area contributed by atoms with E-state index < -0.39 is 5.97 Å². The van der Waals surface area contributed by atoms with E-state index in [2.05, 4.69) is 25.7 Å². The van der Waals surface area contributed by atoms with Crippen molar-refractivity contribution in [2.75, 3.05) is 13.7 Å². The average molecular weight is 358 g/mol. The number of rotatable bonds is 4. The Hall–Kier alpha value is -1.89. The highest BCUT2D eigenvalue weighted by Gasteiger charge is 2.24. The Labute approximate surface area is 130 Å². The molecule has 2 aromatic heterocycles. The van der Waals surface area contributed by atoms with Crippen molar-refractivity contribution in [2.45, 2.75) is 20.8 Å². The van der Waals surface area contributed by atoms with Gasteiger partial charge in [0.25, 0.3) is 5.76 Å². The number of carbonyl (C=O) groups excluding carboxylic acids is 2. The molecular weight excluding hydrogens is 342 g/mol. The van der Waals surface area contributed by atoms with Crippen LogP contribution in [-0.4, -0.2) is 30.5 Å². The summed E-state index contributed by atoms with van der Waals surface area (Å²) in [6.45, 7) is 5.21. The summed E-state index contributed by atoms with van der Waals surface area (Å²) in [5.41, 5.74) is 0.734. The maximum absolute atomic E-state index is 11.6. The molecule has 0 aliphatic carbocycles. The number of Topliss-reactive ketones (excluding diaryl/α,β-unsaturated/α-hetero) is 1. The summed E-state index contributed by atoms with van der Waals surface area (Å²) in [5.74, 6) is -0.858. The molecular formula is C14H16BrNO5. The van der Waals surface area contributed by atoms with Gasteiger partial charge in [0, 0.05) is 10.7 Å². The van der Waals surface area contributed by atoms with Crippen molar-refractivity contribution in [1.82, 2.24) is 4.98 Å². The van der Waals surface area contributed by atoms with Crippen molar-refractivity contribution < 1.29 is 23.5 Å². The van der Waals surface area contributed by atoms with E-state index in [1.54, 1.807) is 12.3 Å². The highest BCUT2D eigenvalue weighted by Crippen LogP contribution is 2.33. The molecule has 0 atom stereocenters. The molecule has 114 valence electrons. The van der Waals surface area contributed by atoms with E-state index in [9.17, 15) is 9.59 Å². The van der Waals surface area contributed by atoms with Crippen LogP contribution < -0.4 is 4.74 Å². The number of furan rings is 1. The van der Waals surface area contributed by atoms with Gasteiger partial charge in [-0.2, -0.15) is 0 Å². The normalized spacial score (nSPS) is 9.76. The minimum atomic E-state index is -0.687. The number of fused-ring (bicyclic) bond motifs is 1. The minimum absolute atomic E-state index is 0.107. The zero-order valence-corrected chi connectivity index (χ0v) is 13.8. The molecule has 0 aromatic carbocycles. The van der Waals surface area contributed by atoms with Gasteiger partial charge in [-0.1, -0.05) is 13.8 Å². The molecule has 0 unspecified atom stereocenters. The number of ether oxygens (including phenoxy) is 2. The van der Waals surface area contributed by atoms with Crippen molar-refractivity contribution in [1.29, 1.82) is 0 Å². The molecule has 0 N–H and O–H groups in total. The molecule has 2 rings (SSSR count). The van der Waals surface area contributed by atoms with E-state index >= 15 is 0 Å². The number of esters is 1. The molecule has 0 aliphatic heterocycles. The highest BCUT2D eigenvalue weighted by atomic mass is 79.9. The van der Waals surface area contributed by atoms with Crippen LogP contribution >= 0.6 is 15.9 Å². The predicted octanol–water partition coefficient (Wildman–Crippen LogP) is 3.37. The quantitative estimate of drug-likeness (QED) is 0.780. The SMILES string of the molecule is CC.COC(=O)c1oc2cc(Br)cnc2c1OCC(C)=O. The molecule has 0 radical (unpaired) electrons. The van der Waals surface area contributed by atoms with Crippen LogP contribution in [-0.2, 0) is 9.53 Å². The molecule has 0 aliphatic rings. The van der Waals surface area contributed by atoms with Crippen molar-refractivity contribution >= 4 is 38.8 Å². The van der Waals surface area contributed by atoms with Crippen LogP contribution in [0.15, 0.2) is 21.2 Å². The van der Waals surface area contributed by atoms with Gasteiger partial charge in [0.1, 0.15) is 6.61 Å². The molecule has 21 heavy (non-hydrogen) atoms. The number of nitrogens with zero attached hydrogens (tertiary/aromatic N) is 1. The Morgan fingerprint density at radius 1 is 1.38 bits per heavy atom. The summed E-state index contributed by atoms with van der Waals surface area (Å²) >= 11 is 3.25. The third-order valence-electron chi connectivity index (χ3n) is 2.24. The van der Waals surface area contributed by atoms with Crippen LogP contribution in [0.2, 0.25) is 0 Å². The summed E-state index contributed by atoms with van der Waals surface area (Å²) in [6, 6.07) is 1.65. The Morgan fingerprint density at radius 3 is 2.62 bits per heavy atom. The van der Waals surface area contributed by atoms with E-state index in [-0.39, 0.29) is 23.9 Å². The Morgan fingerprint density at radius 2 is 2.05 bits per heavy atom. The number of hydrogen-bond donors (Lipinski definition) is 0. The zero-order valence-electron chi connectivity index (χ0n) is 12.2. The van der Waals surface area contributed by atoms with E-state index in [0.29, 0.717) is 15.6 Å². The van der Waals surface area contributed by atoms with E-state index in [4.69, 9.17) is 9.15 Å².